The molecule has 0 aromatic heterocycles. The van der Waals surface area contributed by atoms with E-state index in [-0.39, 0.29) is 33.8 Å². The van der Waals surface area contributed by atoms with E-state index in [2.05, 4.69) is 26.2 Å². The summed E-state index contributed by atoms with van der Waals surface area (Å²) < 4.78 is 13.5. The van der Waals surface area contributed by atoms with Crippen LogP contribution in [0.4, 0.5) is 10.1 Å². The summed E-state index contributed by atoms with van der Waals surface area (Å²) in [6.07, 6.45) is 1.20. The third-order valence-corrected chi connectivity index (χ3v) is 5.28. The summed E-state index contributed by atoms with van der Waals surface area (Å²) >= 11 is 3.06. The number of carbonyl (C=O) groups excluding carboxylic acids is 2. The van der Waals surface area contributed by atoms with E-state index in [9.17, 15) is 19.2 Å². The monoisotopic (exact) mass is 447 g/mol. The van der Waals surface area contributed by atoms with Crippen molar-refractivity contribution in [2.24, 2.45) is 16.8 Å². The highest BCUT2D eigenvalue weighted by Crippen LogP contribution is 2.34. The van der Waals surface area contributed by atoms with Crippen LogP contribution in [0.5, 0.6) is 0 Å². The minimum Gasteiger partial charge on any atom is -0.352 e. The average molecular weight is 448 g/mol. The van der Waals surface area contributed by atoms with Gasteiger partial charge in [0.25, 0.3) is 5.91 Å². The van der Waals surface area contributed by atoms with Crippen molar-refractivity contribution in [2.75, 3.05) is 6.54 Å². The minimum atomic E-state index is -0.442. The number of nitrogens with zero attached hydrogens (tertiary/aromatic N) is 1. The number of nitrogens with one attached hydrogen (secondary N) is 2. The van der Waals surface area contributed by atoms with Crippen LogP contribution in [0.15, 0.2) is 58.0 Å². The molecule has 2 aromatic rings. The fourth-order valence-corrected chi connectivity index (χ4v) is 3.42. The first-order valence-electron chi connectivity index (χ1n) is 8.79. The van der Waals surface area contributed by atoms with Gasteiger partial charge in [-0.15, -0.1) is 0 Å². The number of hydroxylamine groups is 1. The van der Waals surface area contributed by atoms with E-state index in [0.29, 0.717) is 30.6 Å². The highest BCUT2D eigenvalue weighted by molar-refractivity contribution is 9.10. The fourth-order valence-electron chi connectivity index (χ4n) is 3.06. The number of amidine groups is 1. The predicted octanol–water partition coefficient (Wildman–Crippen LogP) is 3.62. The summed E-state index contributed by atoms with van der Waals surface area (Å²) in [7, 11) is 0. The summed E-state index contributed by atoms with van der Waals surface area (Å²) in [5.74, 6) is -1.16. The van der Waals surface area contributed by atoms with E-state index in [1.807, 2.05) is 11.5 Å². The molecule has 0 aliphatic heterocycles. The molecule has 0 saturated heterocycles. The molecule has 0 spiro atoms. The van der Waals surface area contributed by atoms with Gasteiger partial charge in [0, 0.05) is 18.0 Å². The average Bonchev–Trinajstić information content (AvgIpc) is 2.67. The summed E-state index contributed by atoms with van der Waals surface area (Å²) in [5.41, 5.74) is 2.78. The van der Waals surface area contributed by atoms with Crippen molar-refractivity contribution in [3.63, 3.8) is 0 Å². The van der Waals surface area contributed by atoms with Crippen LogP contribution in [0, 0.1) is 17.7 Å². The van der Waals surface area contributed by atoms with E-state index in [1.54, 1.807) is 24.3 Å². The molecule has 28 heavy (non-hydrogen) atoms. The largest absolute Gasteiger partial charge is 0.352 e. The Morgan fingerprint density at radius 1 is 1.18 bits per heavy atom. The first-order chi connectivity index (χ1) is 13.5. The maximum absolute atomic E-state index is 13.3. The van der Waals surface area contributed by atoms with Crippen LogP contribution >= 0.6 is 15.9 Å². The zero-order valence-corrected chi connectivity index (χ0v) is 16.4. The van der Waals surface area contributed by atoms with Gasteiger partial charge in [-0.1, -0.05) is 18.2 Å². The molecule has 6 nitrogen and oxygen atoms in total. The van der Waals surface area contributed by atoms with Crippen molar-refractivity contribution in [1.29, 1.82) is 0 Å². The molecule has 1 fully saturated rings. The maximum atomic E-state index is 13.3. The van der Waals surface area contributed by atoms with Crippen molar-refractivity contribution < 1.29 is 19.2 Å². The lowest BCUT2D eigenvalue weighted by molar-refractivity contribution is -0.120. The normalized spacial score (nSPS) is 18.9. The molecule has 0 radical (unpaired) electrons. The lowest BCUT2D eigenvalue weighted by atomic mass is 9.72. The Balaban J connectivity index is 1.52. The van der Waals surface area contributed by atoms with Crippen molar-refractivity contribution in [2.45, 2.75) is 12.8 Å². The van der Waals surface area contributed by atoms with Gasteiger partial charge in [-0.2, -0.15) is 0 Å². The highest BCUT2D eigenvalue weighted by Gasteiger charge is 2.36. The quantitative estimate of drug-likeness (QED) is 0.358. The third-order valence-electron chi connectivity index (χ3n) is 4.68. The van der Waals surface area contributed by atoms with Gasteiger partial charge in [0.05, 0.1) is 10.2 Å². The van der Waals surface area contributed by atoms with Crippen LogP contribution in [-0.4, -0.2) is 29.3 Å². The topological polar surface area (TPSA) is 90.8 Å². The first-order valence-corrected chi connectivity index (χ1v) is 9.58. The second-order valence-electron chi connectivity index (χ2n) is 6.65. The van der Waals surface area contributed by atoms with Gasteiger partial charge in [0.2, 0.25) is 5.78 Å². The number of ketones is 1. The number of benzene rings is 2. The van der Waals surface area contributed by atoms with Gasteiger partial charge in [0.15, 0.2) is 5.84 Å². The molecule has 3 N–H and O–H groups in total. The van der Waals surface area contributed by atoms with Gasteiger partial charge >= 0.3 is 0 Å². The number of aliphatic imine (C=N–C) groups is 1. The lowest BCUT2D eigenvalue weighted by Crippen LogP contribution is -2.43. The Kier molecular flexibility index (Phi) is 6.53. The van der Waals surface area contributed by atoms with Crippen LogP contribution in [0.25, 0.3) is 0 Å². The van der Waals surface area contributed by atoms with Crippen molar-refractivity contribution in [3.05, 3.63) is 64.4 Å². The van der Waals surface area contributed by atoms with Crippen LogP contribution in [0.2, 0.25) is 0 Å². The molecule has 0 bridgehead atoms. The fraction of sp³-hybridized carbons (Fsp3) is 0.250. The molecular formula is C20H19BrFN3O3. The molecule has 8 heteroatoms. The number of amides is 1. The maximum Gasteiger partial charge on any atom is 0.251 e. The van der Waals surface area contributed by atoms with E-state index in [1.165, 1.54) is 18.2 Å². The van der Waals surface area contributed by atoms with Crippen molar-refractivity contribution in [3.8, 4) is 0 Å². The van der Waals surface area contributed by atoms with E-state index in [0.717, 1.165) is 0 Å². The van der Waals surface area contributed by atoms with Gasteiger partial charge < -0.3 is 5.32 Å². The molecule has 0 unspecified atom stereocenters. The molecule has 1 aliphatic rings. The molecule has 1 amide bonds. The summed E-state index contributed by atoms with van der Waals surface area (Å²) in [6, 6.07) is 13.0. The Bertz CT molecular complexity index is 899. The predicted molar refractivity (Wildman–Crippen MR) is 106 cm³/mol. The second-order valence-corrected chi connectivity index (χ2v) is 7.50. The van der Waals surface area contributed by atoms with Crippen LogP contribution in [-0.2, 0) is 4.79 Å². The Labute approximate surface area is 170 Å². The number of Topliss-reactive ketones (excluding diaryl/α,β-unsaturated/α-hetero) is 1. The molecule has 3 rings (SSSR count). The van der Waals surface area contributed by atoms with Gasteiger partial charge in [0.1, 0.15) is 5.82 Å². The lowest BCUT2D eigenvalue weighted by Gasteiger charge is -2.34. The summed E-state index contributed by atoms with van der Waals surface area (Å²) in [6.45, 7) is 0.488. The zero-order chi connectivity index (χ0) is 20.1. The molecule has 146 valence electrons. The molecule has 0 atom stereocenters. The Hall–Kier alpha value is -2.58. The Morgan fingerprint density at radius 2 is 1.89 bits per heavy atom. The smallest absolute Gasteiger partial charge is 0.251 e. The first kappa shape index (κ1) is 20.2. The van der Waals surface area contributed by atoms with Crippen LogP contribution in [0.1, 0.15) is 23.2 Å². The van der Waals surface area contributed by atoms with Crippen LogP contribution in [0.3, 0.4) is 0 Å². The number of carbonyl (C=O) groups is 2. The standard InChI is InChI=1S/C20H19BrFN3O3/c21-16-10-15(6-7-17(16)22)24-19(25-28)18(26)14-8-12(9-14)11-23-20(27)13-4-2-1-3-5-13/h1-7,10,12,14,28H,8-9,11H2,(H,23,27)(H,24,25). The number of hydrogen-bond donors (Lipinski definition) is 3. The van der Waals surface area contributed by atoms with Gasteiger partial charge in [-0.3, -0.25) is 14.8 Å². The molecule has 0 heterocycles. The van der Waals surface area contributed by atoms with Crippen LogP contribution < -0.4 is 10.8 Å². The number of hydrogen-bond acceptors (Lipinski definition) is 4. The van der Waals surface area contributed by atoms with E-state index >= 15 is 0 Å². The molecule has 1 saturated carbocycles. The van der Waals surface area contributed by atoms with Crippen molar-refractivity contribution in [1.82, 2.24) is 10.8 Å². The summed E-state index contributed by atoms with van der Waals surface area (Å²) in [4.78, 5) is 28.6. The van der Waals surface area contributed by atoms with Gasteiger partial charge in [-0.05, 0) is 65.0 Å². The highest BCUT2D eigenvalue weighted by atomic mass is 79.9. The zero-order valence-electron chi connectivity index (χ0n) is 14.9. The van der Waals surface area contributed by atoms with E-state index < -0.39 is 5.82 Å². The van der Waals surface area contributed by atoms with Crippen molar-refractivity contribution >= 4 is 39.1 Å². The SMILES string of the molecule is O=C(NCC1CC(C(=O)C(=Nc2ccc(F)c(Br)c2)NO)C1)c1ccccc1. The molecule has 1 aliphatic carbocycles. The third kappa shape index (κ3) is 4.82. The number of halogens is 2. The minimum absolute atomic E-state index is 0.142. The molecule has 2 aromatic carbocycles. The summed E-state index contributed by atoms with van der Waals surface area (Å²) in [5, 5.41) is 12.1. The van der Waals surface area contributed by atoms with Gasteiger partial charge in [-0.25, -0.2) is 14.9 Å². The number of rotatable bonds is 6. The second kappa shape index (κ2) is 9.07. The van der Waals surface area contributed by atoms with E-state index in [4.69, 9.17) is 0 Å². The molecular weight excluding hydrogens is 429 g/mol. The Morgan fingerprint density at radius 3 is 2.54 bits per heavy atom.